The monoisotopic (exact) mass is 632 g/mol. The van der Waals surface area contributed by atoms with Gasteiger partial charge < -0.3 is 33.2 Å². The zero-order chi connectivity index (χ0) is 31.8. The summed E-state index contributed by atoms with van der Waals surface area (Å²) in [6, 6.07) is 3.23. The molecule has 5 fully saturated rings. The minimum atomic E-state index is -1.87. The van der Waals surface area contributed by atoms with Gasteiger partial charge in [-0.25, -0.2) is 0 Å². The van der Waals surface area contributed by atoms with Gasteiger partial charge in [0.25, 0.3) is 0 Å². The lowest BCUT2D eigenvalue weighted by Crippen LogP contribution is -2.57. The van der Waals surface area contributed by atoms with Crippen molar-refractivity contribution in [2.24, 2.45) is 17.8 Å². The van der Waals surface area contributed by atoms with E-state index in [1.54, 1.807) is 7.11 Å². The SMILES string of the molecule is C=CC[C@@H]1O[C@@H](C2OC(CC3C4OC(CCC5CC(C)C(=C)C(C)O5)C(=C)C34)CC2O)CC(OC)C1O[Si](CC)(CC)CC. The largest absolute Gasteiger partial charge is 0.409 e. The molecule has 0 aromatic carbocycles. The minimum Gasteiger partial charge on any atom is -0.409 e. The van der Waals surface area contributed by atoms with E-state index in [1.807, 2.05) is 6.08 Å². The smallest absolute Gasteiger partial charge is 0.192 e. The van der Waals surface area contributed by atoms with Crippen LogP contribution in [-0.2, 0) is 28.1 Å². The minimum absolute atomic E-state index is 0.0103. The number of aliphatic hydroxyl groups is 1. The molecule has 8 heteroatoms. The Kier molecular flexibility index (Phi) is 11.4. The summed E-state index contributed by atoms with van der Waals surface area (Å²) in [7, 11) is -0.105. The van der Waals surface area contributed by atoms with Crippen molar-refractivity contribution >= 4 is 8.32 Å². The molecule has 4 heterocycles. The summed E-state index contributed by atoms with van der Waals surface area (Å²) in [4.78, 5) is 0. The van der Waals surface area contributed by atoms with Crippen molar-refractivity contribution in [3.05, 3.63) is 37.0 Å². The van der Waals surface area contributed by atoms with Crippen LogP contribution in [0.1, 0.15) is 79.6 Å². The summed E-state index contributed by atoms with van der Waals surface area (Å²) in [5.41, 5.74) is 2.44. The van der Waals surface area contributed by atoms with E-state index in [-0.39, 0.29) is 61.0 Å². The first-order valence-electron chi connectivity index (χ1n) is 17.6. The standard InChI is InChI=1S/C36H60O7Si/c1-10-14-30-36(43-44(11-2,12-3)13-4)31(38-9)20-32(41-30)35-28(37)19-26(40-35)18-27-33-23(7)29(42-34(27)33)16-15-25-17-21(5)22(6)24(8)39-25/h10,21,24-37H,1,6-7,11-20H2,2-5,8-9H3/t21?,24?,25?,26?,27?,28?,29?,30-,31?,32+,33?,34?,35?,36?/m0/s1. The van der Waals surface area contributed by atoms with Gasteiger partial charge in [-0.05, 0) is 80.1 Å². The van der Waals surface area contributed by atoms with Crippen molar-refractivity contribution < 1.29 is 33.2 Å². The third kappa shape index (κ3) is 7.03. The lowest BCUT2D eigenvalue weighted by molar-refractivity contribution is -0.206. The van der Waals surface area contributed by atoms with Crippen molar-refractivity contribution in [2.75, 3.05) is 7.11 Å². The van der Waals surface area contributed by atoms with Gasteiger partial charge in [0.15, 0.2) is 8.32 Å². The van der Waals surface area contributed by atoms with Gasteiger partial charge in [0.05, 0.1) is 61.0 Å². The Morgan fingerprint density at radius 1 is 0.909 bits per heavy atom. The highest BCUT2D eigenvalue weighted by molar-refractivity contribution is 6.73. The molecule has 5 rings (SSSR count). The maximum absolute atomic E-state index is 11.2. The van der Waals surface area contributed by atoms with E-state index >= 15 is 0 Å². The number of rotatable bonds is 14. The van der Waals surface area contributed by atoms with Gasteiger partial charge in [-0.15, -0.1) is 6.58 Å². The van der Waals surface area contributed by atoms with Crippen molar-refractivity contribution in [3.8, 4) is 0 Å². The topological polar surface area (TPSA) is 75.6 Å². The summed E-state index contributed by atoms with van der Waals surface area (Å²) < 4.78 is 38.9. The number of methoxy groups -OCH3 is 1. The van der Waals surface area contributed by atoms with Crippen molar-refractivity contribution in [2.45, 2.75) is 165 Å². The third-order valence-corrected chi connectivity index (χ3v) is 16.5. The summed E-state index contributed by atoms with van der Waals surface area (Å²) in [5, 5.41) is 11.2. The van der Waals surface area contributed by atoms with Crippen LogP contribution in [0.15, 0.2) is 37.0 Å². The predicted molar refractivity (Wildman–Crippen MR) is 176 cm³/mol. The summed E-state index contributed by atoms with van der Waals surface area (Å²) >= 11 is 0. The van der Waals surface area contributed by atoms with Gasteiger partial charge in [-0.1, -0.05) is 46.9 Å². The normalized spacial score (nSPS) is 44.2. The predicted octanol–water partition coefficient (Wildman–Crippen LogP) is 6.75. The highest BCUT2D eigenvalue weighted by Gasteiger charge is 2.61. The Morgan fingerprint density at radius 3 is 2.23 bits per heavy atom. The first-order chi connectivity index (χ1) is 21.1. The van der Waals surface area contributed by atoms with Crippen LogP contribution in [0.3, 0.4) is 0 Å². The fourth-order valence-corrected chi connectivity index (χ4v) is 11.6. The first-order valence-corrected chi connectivity index (χ1v) is 20.1. The molecular formula is C36H60O7Si. The Hall–Kier alpha value is -0.843. The fourth-order valence-electron chi connectivity index (χ4n) is 8.70. The number of ether oxygens (including phenoxy) is 5. The molecule has 1 saturated carbocycles. The molecule has 7 nitrogen and oxygen atoms in total. The van der Waals surface area contributed by atoms with E-state index < -0.39 is 14.4 Å². The molecule has 5 aliphatic rings. The molecule has 44 heavy (non-hydrogen) atoms. The third-order valence-electron chi connectivity index (χ3n) is 11.9. The van der Waals surface area contributed by atoms with Crippen molar-refractivity contribution in [3.63, 3.8) is 0 Å². The molecule has 250 valence electrons. The van der Waals surface area contributed by atoms with Crippen LogP contribution >= 0.6 is 0 Å². The van der Waals surface area contributed by atoms with Crippen LogP contribution < -0.4 is 0 Å². The summed E-state index contributed by atoms with van der Waals surface area (Å²) in [6.07, 6.45) is 6.91. The Labute approximate surface area is 267 Å². The van der Waals surface area contributed by atoms with Gasteiger partial charge in [-0.3, -0.25) is 0 Å². The molecule has 0 aromatic rings. The second-order valence-corrected chi connectivity index (χ2v) is 19.1. The molecular weight excluding hydrogens is 572 g/mol. The Morgan fingerprint density at radius 2 is 1.64 bits per heavy atom. The molecule has 4 aliphatic heterocycles. The summed E-state index contributed by atoms with van der Waals surface area (Å²) in [6.45, 7) is 23.8. The van der Waals surface area contributed by atoms with E-state index in [1.165, 1.54) is 11.1 Å². The second-order valence-electron chi connectivity index (χ2n) is 14.4. The summed E-state index contributed by atoms with van der Waals surface area (Å²) in [5.74, 6) is 1.33. The van der Waals surface area contributed by atoms with Crippen LogP contribution in [0.25, 0.3) is 0 Å². The average Bonchev–Trinajstić information content (AvgIpc) is 3.37. The molecule has 0 radical (unpaired) electrons. The van der Waals surface area contributed by atoms with Crippen LogP contribution in [-0.4, -0.2) is 87.7 Å². The molecule has 12 unspecified atom stereocenters. The van der Waals surface area contributed by atoms with E-state index in [0.717, 1.165) is 43.8 Å². The Bertz CT molecular complexity index is 992. The van der Waals surface area contributed by atoms with Gasteiger partial charge in [0, 0.05) is 25.9 Å². The second kappa shape index (κ2) is 14.5. The average molecular weight is 633 g/mol. The van der Waals surface area contributed by atoms with Crippen molar-refractivity contribution in [1.29, 1.82) is 0 Å². The van der Waals surface area contributed by atoms with Crippen LogP contribution in [0.4, 0.5) is 0 Å². The number of fused-ring (bicyclic) bond motifs is 1. The highest BCUT2D eigenvalue weighted by atomic mass is 28.4. The maximum atomic E-state index is 11.2. The van der Waals surface area contributed by atoms with Crippen LogP contribution in [0.5, 0.6) is 0 Å². The molecule has 14 atom stereocenters. The lowest BCUT2D eigenvalue weighted by atomic mass is 9.87. The van der Waals surface area contributed by atoms with E-state index in [4.69, 9.17) is 28.1 Å². The quantitative estimate of drug-likeness (QED) is 0.168. The molecule has 0 aromatic heterocycles. The van der Waals surface area contributed by atoms with Crippen LogP contribution in [0, 0.1) is 17.8 Å². The fraction of sp³-hybridized carbons (Fsp3) is 0.833. The lowest BCUT2D eigenvalue weighted by Gasteiger charge is -2.46. The Balaban J connectivity index is 1.12. The number of hydrogen-bond donors (Lipinski definition) is 1. The zero-order valence-corrected chi connectivity index (χ0v) is 29.2. The zero-order valence-electron chi connectivity index (χ0n) is 28.2. The van der Waals surface area contributed by atoms with E-state index in [2.05, 4.69) is 54.4 Å². The van der Waals surface area contributed by atoms with Gasteiger partial charge >= 0.3 is 0 Å². The maximum Gasteiger partial charge on any atom is 0.192 e. The first kappa shape index (κ1) is 34.5. The van der Waals surface area contributed by atoms with Crippen LogP contribution in [0.2, 0.25) is 18.1 Å². The molecule has 0 bridgehead atoms. The molecule has 0 spiro atoms. The molecule has 1 aliphatic carbocycles. The number of aliphatic hydroxyl groups excluding tert-OH is 1. The van der Waals surface area contributed by atoms with Gasteiger partial charge in [0.1, 0.15) is 6.10 Å². The molecule has 4 saturated heterocycles. The molecule has 0 amide bonds. The van der Waals surface area contributed by atoms with Crippen molar-refractivity contribution in [1.82, 2.24) is 0 Å². The number of hydrogen-bond acceptors (Lipinski definition) is 7. The van der Waals surface area contributed by atoms with Gasteiger partial charge in [-0.2, -0.15) is 0 Å². The van der Waals surface area contributed by atoms with Gasteiger partial charge in [0.2, 0.25) is 0 Å². The van der Waals surface area contributed by atoms with E-state index in [9.17, 15) is 5.11 Å². The van der Waals surface area contributed by atoms with E-state index in [0.29, 0.717) is 37.0 Å². The molecule has 1 N–H and O–H groups in total. The highest BCUT2D eigenvalue weighted by Crippen LogP contribution is 2.58.